The van der Waals surface area contributed by atoms with E-state index in [0.717, 1.165) is 17.8 Å². The number of sulfonamides is 1. The predicted molar refractivity (Wildman–Crippen MR) is 120 cm³/mol. The summed E-state index contributed by atoms with van der Waals surface area (Å²) >= 11 is 0. The van der Waals surface area contributed by atoms with Gasteiger partial charge in [0.2, 0.25) is 15.9 Å². The maximum Gasteiger partial charge on any atom is 0.433 e. The van der Waals surface area contributed by atoms with Gasteiger partial charge in [-0.2, -0.15) is 17.5 Å². The lowest BCUT2D eigenvalue weighted by Crippen LogP contribution is -2.45. The molecule has 1 aromatic carbocycles. The minimum atomic E-state index is -4.54. The number of carbonyl (C=O) groups excluding carboxylic acids is 1. The van der Waals surface area contributed by atoms with Crippen molar-refractivity contribution in [1.82, 2.24) is 24.6 Å². The van der Waals surface area contributed by atoms with Gasteiger partial charge in [0, 0.05) is 18.3 Å². The van der Waals surface area contributed by atoms with Crippen molar-refractivity contribution in [1.29, 1.82) is 0 Å². The molecule has 3 aromatic rings. The zero-order valence-electron chi connectivity index (χ0n) is 18.7. The van der Waals surface area contributed by atoms with Crippen LogP contribution < -0.4 is 5.32 Å². The number of hydrogen-bond acceptors (Lipinski definition) is 6. The molecule has 0 aliphatic carbocycles. The molecule has 0 unspecified atom stereocenters. The molecular formula is C23H22F3N5O3S. The van der Waals surface area contributed by atoms with Gasteiger partial charge in [-0.3, -0.25) is 9.78 Å². The van der Waals surface area contributed by atoms with Crippen LogP contribution in [0.1, 0.15) is 29.8 Å². The molecule has 4 rings (SSSR count). The zero-order valence-corrected chi connectivity index (χ0v) is 19.5. The molecule has 12 heteroatoms. The Bertz CT molecular complexity index is 1310. The Morgan fingerprint density at radius 2 is 1.86 bits per heavy atom. The van der Waals surface area contributed by atoms with Crippen LogP contribution in [0, 0.1) is 6.92 Å². The fourth-order valence-corrected chi connectivity index (χ4v) is 5.45. The molecule has 2 aromatic heterocycles. The van der Waals surface area contributed by atoms with Crippen LogP contribution in [0.2, 0.25) is 0 Å². The summed E-state index contributed by atoms with van der Waals surface area (Å²) in [6.07, 6.45) is -1.29. The molecule has 1 amide bonds. The Kier molecular flexibility index (Phi) is 6.86. The Balaban J connectivity index is 1.44. The second-order valence-corrected chi connectivity index (χ2v) is 10.0. The van der Waals surface area contributed by atoms with E-state index in [9.17, 15) is 26.4 Å². The molecule has 0 saturated carbocycles. The summed E-state index contributed by atoms with van der Waals surface area (Å²) in [5.74, 6) is -0.449. The van der Waals surface area contributed by atoms with Crippen LogP contribution in [0.3, 0.4) is 0 Å². The van der Waals surface area contributed by atoms with Gasteiger partial charge in [-0.15, -0.1) is 0 Å². The molecule has 184 valence electrons. The van der Waals surface area contributed by atoms with Gasteiger partial charge in [-0.25, -0.2) is 18.4 Å². The van der Waals surface area contributed by atoms with E-state index in [2.05, 4.69) is 20.3 Å². The largest absolute Gasteiger partial charge is 0.433 e. The van der Waals surface area contributed by atoms with Crippen molar-refractivity contribution in [3.63, 3.8) is 0 Å². The first-order valence-electron chi connectivity index (χ1n) is 10.8. The number of pyridine rings is 1. The van der Waals surface area contributed by atoms with E-state index in [0.29, 0.717) is 29.8 Å². The molecule has 35 heavy (non-hydrogen) atoms. The molecule has 1 saturated heterocycles. The summed E-state index contributed by atoms with van der Waals surface area (Å²) in [6.45, 7) is 2.10. The highest BCUT2D eigenvalue weighted by Gasteiger charge is 2.39. The monoisotopic (exact) mass is 505 g/mol. The van der Waals surface area contributed by atoms with E-state index in [-0.39, 0.29) is 18.0 Å². The van der Waals surface area contributed by atoms with Crippen molar-refractivity contribution in [2.24, 2.45) is 0 Å². The fourth-order valence-electron chi connectivity index (χ4n) is 3.80. The van der Waals surface area contributed by atoms with Crippen molar-refractivity contribution in [2.45, 2.75) is 43.4 Å². The predicted octanol–water partition coefficient (Wildman–Crippen LogP) is 3.34. The molecule has 0 spiro atoms. The number of nitrogens with zero attached hydrogens (tertiary/aromatic N) is 4. The number of aromatic nitrogens is 3. The molecule has 1 atom stereocenters. The fraction of sp³-hybridized carbons (Fsp3) is 0.304. The molecular weight excluding hydrogens is 483 g/mol. The van der Waals surface area contributed by atoms with Crippen LogP contribution in [0.25, 0.3) is 11.3 Å². The minimum Gasteiger partial charge on any atom is -0.349 e. The summed E-state index contributed by atoms with van der Waals surface area (Å²) in [5.41, 5.74) is 1.03. The van der Waals surface area contributed by atoms with Gasteiger partial charge in [0.1, 0.15) is 18.1 Å². The third kappa shape index (κ3) is 5.49. The normalized spacial score (nSPS) is 16.9. The number of carbonyl (C=O) groups is 1. The molecule has 3 heterocycles. The minimum absolute atomic E-state index is 0.00264. The smallest absolute Gasteiger partial charge is 0.349 e. The van der Waals surface area contributed by atoms with E-state index in [1.807, 2.05) is 6.92 Å². The Morgan fingerprint density at radius 3 is 2.51 bits per heavy atom. The Morgan fingerprint density at radius 1 is 1.11 bits per heavy atom. The van der Waals surface area contributed by atoms with E-state index in [1.54, 1.807) is 12.1 Å². The van der Waals surface area contributed by atoms with E-state index in [1.165, 1.54) is 34.9 Å². The van der Waals surface area contributed by atoms with Crippen LogP contribution >= 0.6 is 0 Å². The number of amides is 1. The van der Waals surface area contributed by atoms with Crippen LogP contribution in [0.5, 0.6) is 0 Å². The second kappa shape index (κ2) is 9.70. The average Bonchev–Trinajstić information content (AvgIpc) is 3.34. The van der Waals surface area contributed by atoms with E-state index < -0.39 is 33.8 Å². The Labute approximate surface area is 200 Å². The molecule has 1 aliphatic rings. The average molecular weight is 506 g/mol. The lowest BCUT2D eigenvalue weighted by Gasteiger charge is -2.23. The van der Waals surface area contributed by atoms with Gasteiger partial charge < -0.3 is 5.32 Å². The zero-order chi connectivity index (χ0) is 25.2. The maximum atomic E-state index is 13.1. The standard InChI is InChI=1S/C23H22F3N5O3S/c1-15-4-7-18(8-5-15)35(33,34)31-10-2-3-20(31)22(32)28-13-17-11-19(30-14-29-17)16-6-9-21(27-12-16)23(24,25)26/h4-9,11-12,14,20H,2-3,10,13H2,1H3,(H,28,32)/t20-/m0/s1. The SMILES string of the molecule is Cc1ccc(S(=O)(=O)N2CCC[C@H]2C(=O)NCc2cc(-c3ccc(C(F)(F)F)nc3)ncn2)cc1. The first-order chi connectivity index (χ1) is 16.6. The van der Waals surface area contributed by atoms with Gasteiger partial charge in [-0.05, 0) is 50.1 Å². The van der Waals surface area contributed by atoms with Crippen molar-refractivity contribution in [2.75, 3.05) is 6.54 Å². The summed E-state index contributed by atoms with van der Waals surface area (Å²) in [6, 6.07) is 9.26. The summed E-state index contributed by atoms with van der Waals surface area (Å²) in [4.78, 5) is 24.6. The van der Waals surface area contributed by atoms with Gasteiger partial charge in [0.05, 0.1) is 22.8 Å². The van der Waals surface area contributed by atoms with Crippen molar-refractivity contribution < 1.29 is 26.4 Å². The first-order valence-corrected chi connectivity index (χ1v) is 12.2. The number of aryl methyl sites for hydroxylation is 1. The quantitative estimate of drug-likeness (QED) is 0.551. The summed E-state index contributed by atoms with van der Waals surface area (Å²) in [5, 5.41) is 2.71. The van der Waals surface area contributed by atoms with Gasteiger partial charge in [0.15, 0.2) is 0 Å². The summed E-state index contributed by atoms with van der Waals surface area (Å²) < 4.78 is 65.6. The number of halogens is 3. The highest BCUT2D eigenvalue weighted by Crippen LogP contribution is 2.29. The Hall–Kier alpha value is -3.38. The molecule has 8 nitrogen and oxygen atoms in total. The highest BCUT2D eigenvalue weighted by atomic mass is 32.2. The van der Waals surface area contributed by atoms with E-state index in [4.69, 9.17) is 0 Å². The summed E-state index contributed by atoms with van der Waals surface area (Å²) in [7, 11) is -3.83. The topological polar surface area (TPSA) is 105 Å². The molecule has 1 aliphatic heterocycles. The molecule has 1 fully saturated rings. The van der Waals surface area contributed by atoms with Crippen LogP contribution in [-0.2, 0) is 27.5 Å². The third-order valence-corrected chi connectivity index (χ3v) is 7.57. The second-order valence-electron chi connectivity index (χ2n) is 8.13. The van der Waals surface area contributed by atoms with Gasteiger partial charge in [0.25, 0.3) is 0 Å². The highest BCUT2D eigenvalue weighted by molar-refractivity contribution is 7.89. The van der Waals surface area contributed by atoms with Crippen molar-refractivity contribution in [3.05, 3.63) is 71.9 Å². The number of rotatable bonds is 6. The molecule has 0 radical (unpaired) electrons. The van der Waals surface area contributed by atoms with Crippen LogP contribution in [0.15, 0.2) is 59.9 Å². The first kappa shape index (κ1) is 24.7. The van der Waals surface area contributed by atoms with Gasteiger partial charge >= 0.3 is 6.18 Å². The number of benzene rings is 1. The maximum absolute atomic E-state index is 13.1. The lowest BCUT2D eigenvalue weighted by atomic mass is 10.1. The molecule has 1 N–H and O–H groups in total. The molecule has 0 bridgehead atoms. The van der Waals surface area contributed by atoms with Gasteiger partial charge in [-0.1, -0.05) is 17.7 Å². The third-order valence-electron chi connectivity index (χ3n) is 5.65. The lowest BCUT2D eigenvalue weighted by molar-refractivity contribution is -0.141. The number of alkyl halides is 3. The van der Waals surface area contributed by atoms with Crippen molar-refractivity contribution in [3.8, 4) is 11.3 Å². The number of hydrogen-bond donors (Lipinski definition) is 1. The number of nitrogens with one attached hydrogen (secondary N) is 1. The van der Waals surface area contributed by atoms with E-state index >= 15 is 0 Å². The van der Waals surface area contributed by atoms with Crippen molar-refractivity contribution >= 4 is 15.9 Å². The van der Waals surface area contributed by atoms with Crippen LogP contribution in [0.4, 0.5) is 13.2 Å². The van der Waals surface area contributed by atoms with Crippen LogP contribution in [-0.4, -0.2) is 46.2 Å².